The molecule has 0 aliphatic heterocycles. The molecule has 2 heterocycles. The maximum absolute atomic E-state index is 12.7. The van der Waals surface area contributed by atoms with Crippen molar-refractivity contribution in [1.82, 2.24) is 4.98 Å². The molecule has 0 bridgehead atoms. The second-order valence-electron chi connectivity index (χ2n) is 6.46. The molecule has 0 spiro atoms. The first-order chi connectivity index (χ1) is 12.0. The summed E-state index contributed by atoms with van der Waals surface area (Å²) >= 11 is 1.43. The molecule has 4 rings (SSSR count). The molecule has 4 heteroatoms. The Morgan fingerprint density at radius 1 is 0.920 bits per heavy atom. The van der Waals surface area contributed by atoms with E-state index in [1.807, 2.05) is 44.2 Å². The number of nitrogens with one attached hydrogen (secondary N) is 1. The number of nitrogens with zero attached hydrogens (tertiary/aromatic N) is 1. The molecule has 0 unspecified atom stereocenters. The Morgan fingerprint density at radius 3 is 2.52 bits per heavy atom. The molecule has 1 amide bonds. The van der Waals surface area contributed by atoms with Crippen molar-refractivity contribution in [1.29, 1.82) is 0 Å². The summed E-state index contributed by atoms with van der Waals surface area (Å²) in [4.78, 5) is 18.9. The molecule has 3 nitrogen and oxygen atoms in total. The van der Waals surface area contributed by atoms with E-state index < -0.39 is 0 Å². The minimum atomic E-state index is -0.0862. The van der Waals surface area contributed by atoms with Crippen LogP contribution in [0.5, 0.6) is 0 Å². The summed E-state index contributed by atoms with van der Waals surface area (Å²) < 4.78 is 0. The fraction of sp³-hybridized carbons (Fsp3) is 0.143. The number of aromatic nitrogens is 1. The lowest BCUT2D eigenvalue weighted by molar-refractivity contribution is 0.103. The predicted molar refractivity (Wildman–Crippen MR) is 106 cm³/mol. The minimum Gasteiger partial charge on any atom is -0.321 e. The Morgan fingerprint density at radius 2 is 1.68 bits per heavy atom. The van der Waals surface area contributed by atoms with Crippen LogP contribution in [0.2, 0.25) is 0 Å². The van der Waals surface area contributed by atoms with Crippen molar-refractivity contribution >= 4 is 44.1 Å². The van der Waals surface area contributed by atoms with E-state index in [-0.39, 0.29) is 5.91 Å². The molecular formula is C21H18N2OS. The summed E-state index contributed by atoms with van der Waals surface area (Å²) in [5.74, 6) is -0.0862. The van der Waals surface area contributed by atoms with Crippen LogP contribution in [0, 0.1) is 20.8 Å². The van der Waals surface area contributed by atoms with Crippen molar-refractivity contribution in [3.8, 4) is 0 Å². The van der Waals surface area contributed by atoms with Crippen molar-refractivity contribution < 1.29 is 4.79 Å². The summed E-state index contributed by atoms with van der Waals surface area (Å²) in [5.41, 5.74) is 5.20. The Kier molecular flexibility index (Phi) is 3.77. The highest BCUT2D eigenvalue weighted by Crippen LogP contribution is 2.29. The maximum atomic E-state index is 12.7. The molecule has 2 aromatic heterocycles. The van der Waals surface area contributed by atoms with Crippen LogP contribution in [0.3, 0.4) is 0 Å². The van der Waals surface area contributed by atoms with Gasteiger partial charge in [-0.2, -0.15) is 0 Å². The summed E-state index contributed by atoms with van der Waals surface area (Å²) in [6, 6.07) is 16.3. The van der Waals surface area contributed by atoms with E-state index in [1.165, 1.54) is 16.9 Å². The van der Waals surface area contributed by atoms with Crippen molar-refractivity contribution in [3.05, 3.63) is 70.1 Å². The molecule has 124 valence electrons. The molecule has 0 fully saturated rings. The third-order valence-corrected chi connectivity index (χ3v) is 5.36. The van der Waals surface area contributed by atoms with Crippen LogP contribution in [0.25, 0.3) is 21.1 Å². The van der Waals surface area contributed by atoms with Gasteiger partial charge < -0.3 is 5.32 Å². The van der Waals surface area contributed by atoms with Gasteiger partial charge in [0.1, 0.15) is 4.83 Å². The average molecular weight is 346 g/mol. The number of hydrogen-bond donors (Lipinski definition) is 1. The lowest BCUT2D eigenvalue weighted by atomic mass is 10.1. The van der Waals surface area contributed by atoms with Crippen LogP contribution in [0.15, 0.2) is 48.5 Å². The summed E-state index contributed by atoms with van der Waals surface area (Å²) in [6.07, 6.45) is 0. The van der Waals surface area contributed by atoms with Crippen molar-refractivity contribution in [3.63, 3.8) is 0 Å². The van der Waals surface area contributed by atoms with Crippen LogP contribution >= 0.6 is 11.3 Å². The number of carbonyl (C=O) groups is 1. The molecule has 25 heavy (non-hydrogen) atoms. The van der Waals surface area contributed by atoms with Crippen molar-refractivity contribution in [2.75, 3.05) is 5.32 Å². The molecule has 0 aliphatic rings. The van der Waals surface area contributed by atoms with Gasteiger partial charge >= 0.3 is 0 Å². The van der Waals surface area contributed by atoms with Crippen LogP contribution in [-0.4, -0.2) is 10.9 Å². The SMILES string of the molecule is Cc1ccc(C)c(NC(=O)c2cc3cc4cc(C)ccc4nc3s2)c1. The number of fused-ring (bicyclic) bond motifs is 2. The van der Waals surface area contributed by atoms with Gasteiger partial charge in [-0.15, -0.1) is 11.3 Å². The normalized spacial score (nSPS) is 11.2. The number of aryl methyl sites for hydroxylation is 3. The average Bonchev–Trinajstić information content (AvgIpc) is 2.99. The number of benzene rings is 2. The largest absolute Gasteiger partial charge is 0.321 e. The van der Waals surface area contributed by atoms with E-state index in [0.29, 0.717) is 4.88 Å². The maximum Gasteiger partial charge on any atom is 0.265 e. The molecule has 1 N–H and O–H groups in total. The molecule has 0 aliphatic carbocycles. The van der Waals surface area contributed by atoms with Gasteiger partial charge in [0.05, 0.1) is 10.4 Å². The molecule has 0 saturated carbocycles. The number of amides is 1. The zero-order chi connectivity index (χ0) is 17.6. The standard InChI is InChI=1S/C21H18N2OS/c1-12-5-7-17-15(8-12)10-16-11-19(25-21(16)23-17)20(24)22-18-9-13(2)4-6-14(18)3/h4-11H,1-3H3,(H,22,24). The van der Waals surface area contributed by atoms with E-state index in [9.17, 15) is 4.79 Å². The molecule has 2 aromatic carbocycles. The second-order valence-corrected chi connectivity index (χ2v) is 7.49. The van der Waals surface area contributed by atoms with E-state index in [0.717, 1.165) is 37.9 Å². The van der Waals surface area contributed by atoms with Gasteiger partial charge in [-0.25, -0.2) is 4.98 Å². The van der Waals surface area contributed by atoms with Gasteiger partial charge in [0.15, 0.2) is 0 Å². The number of rotatable bonds is 2. The number of carbonyl (C=O) groups excluding carboxylic acids is 1. The van der Waals surface area contributed by atoms with Crippen molar-refractivity contribution in [2.45, 2.75) is 20.8 Å². The Balaban J connectivity index is 1.72. The lowest BCUT2D eigenvalue weighted by Gasteiger charge is -2.08. The first-order valence-electron chi connectivity index (χ1n) is 8.19. The fourth-order valence-electron chi connectivity index (χ4n) is 2.92. The zero-order valence-electron chi connectivity index (χ0n) is 14.4. The van der Waals surface area contributed by atoms with E-state index >= 15 is 0 Å². The summed E-state index contributed by atoms with van der Waals surface area (Å²) in [6.45, 7) is 6.09. The third kappa shape index (κ3) is 3.01. The van der Waals surface area contributed by atoms with Crippen LogP contribution in [0.1, 0.15) is 26.4 Å². The number of hydrogen-bond acceptors (Lipinski definition) is 3. The summed E-state index contributed by atoms with van der Waals surface area (Å²) in [5, 5.41) is 5.13. The van der Waals surface area contributed by atoms with Gasteiger partial charge in [0.25, 0.3) is 5.91 Å². The van der Waals surface area contributed by atoms with Gasteiger partial charge in [0.2, 0.25) is 0 Å². The number of anilines is 1. The third-order valence-electron chi connectivity index (χ3n) is 4.32. The van der Waals surface area contributed by atoms with Crippen molar-refractivity contribution in [2.24, 2.45) is 0 Å². The van der Waals surface area contributed by atoms with Crippen LogP contribution < -0.4 is 5.32 Å². The highest BCUT2D eigenvalue weighted by atomic mass is 32.1. The molecular weight excluding hydrogens is 328 g/mol. The first-order valence-corrected chi connectivity index (χ1v) is 9.01. The number of thiophene rings is 1. The highest BCUT2D eigenvalue weighted by molar-refractivity contribution is 7.20. The monoisotopic (exact) mass is 346 g/mol. The fourth-order valence-corrected chi connectivity index (χ4v) is 3.84. The molecule has 0 saturated heterocycles. The first kappa shape index (κ1) is 15.8. The second kappa shape index (κ2) is 5.97. The van der Waals surface area contributed by atoms with Gasteiger partial charge in [-0.1, -0.05) is 23.8 Å². The Labute approximate surface area is 150 Å². The molecule has 0 radical (unpaired) electrons. The van der Waals surface area contributed by atoms with Crippen LogP contribution in [0.4, 0.5) is 5.69 Å². The van der Waals surface area contributed by atoms with Crippen LogP contribution in [-0.2, 0) is 0 Å². The molecule has 0 atom stereocenters. The highest BCUT2D eigenvalue weighted by Gasteiger charge is 2.13. The quantitative estimate of drug-likeness (QED) is 0.511. The Hall–Kier alpha value is -2.72. The van der Waals surface area contributed by atoms with E-state index in [1.54, 1.807) is 0 Å². The van der Waals surface area contributed by atoms with Gasteiger partial charge in [-0.05, 0) is 62.2 Å². The Bertz CT molecular complexity index is 1130. The molecule has 4 aromatic rings. The van der Waals surface area contributed by atoms with E-state index in [4.69, 9.17) is 4.98 Å². The predicted octanol–water partition coefficient (Wildman–Crippen LogP) is 5.63. The minimum absolute atomic E-state index is 0.0862. The smallest absolute Gasteiger partial charge is 0.265 e. The van der Waals surface area contributed by atoms with Gasteiger partial charge in [-0.3, -0.25) is 4.79 Å². The summed E-state index contributed by atoms with van der Waals surface area (Å²) in [7, 11) is 0. The topological polar surface area (TPSA) is 42.0 Å². The van der Waals surface area contributed by atoms with Gasteiger partial charge in [0, 0.05) is 16.5 Å². The van der Waals surface area contributed by atoms with E-state index in [2.05, 4.69) is 30.4 Å². The lowest BCUT2D eigenvalue weighted by Crippen LogP contribution is -2.11. The number of pyridine rings is 1. The zero-order valence-corrected chi connectivity index (χ0v) is 15.2.